The fourth-order valence-electron chi connectivity index (χ4n) is 3.33. The maximum atomic E-state index is 11.5. The number of benzene rings is 1. The first-order valence-corrected chi connectivity index (χ1v) is 9.67. The van der Waals surface area contributed by atoms with Gasteiger partial charge in [-0.25, -0.2) is 0 Å². The topological polar surface area (TPSA) is 59.0 Å². The zero-order chi connectivity index (χ0) is 18.7. The summed E-state index contributed by atoms with van der Waals surface area (Å²) in [6.45, 7) is 5.38. The third kappa shape index (κ3) is 4.09. The summed E-state index contributed by atoms with van der Waals surface area (Å²) in [6, 6.07) is 7.57. The molecule has 5 nitrogen and oxygen atoms in total. The molecule has 0 amide bonds. The molecule has 26 heavy (non-hydrogen) atoms. The average molecular weight is 375 g/mol. The monoisotopic (exact) mass is 375 g/mol. The van der Waals surface area contributed by atoms with Crippen molar-refractivity contribution in [1.29, 1.82) is 0 Å². The van der Waals surface area contributed by atoms with Crippen molar-refractivity contribution in [3.63, 3.8) is 0 Å². The highest BCUT2D eigenvalue weighted by molar-refractivity contribution is 7.10. The molecule has 0 radical (unpaired) electrons. The van der Waals surface area contributed by atoms with Crippen molar-refractivity contribution >= 4 is 17.1 Å². The largest absolute Gasteiger partial charge is 0.493 e. The van der Waals surface area contributed by atoms with Crippen molar-refractivity contribution in [2.24, 2.45) is 0 Å². The molecule has 2 atom stereocenters. The van der Waals surface area contributed by atoms with Crippen LogP contribution in [0.15, 0.2) is 29.6 Å². The Hall–Kier alpha value is -1.89. The van der Waals surface area contributed by atoms with Crippen molar-refractivity contribution in [2.45, 2.75) is 32.4 Å². The van der Waals surface area contributed by atoms with Crippen LogP contribution in [0.25, 0.3) is 0 Å². The van der Waals surface area contributed by atoms with E-state index in [4.69, 9.17) is 9.47 Å². The molecule has 0 bridgehead atoms. The molecular weight excluding hydrogens is 350 g/mol. The van der Waals surface area contributed by atoms with Crippen molar-refractivity contribution in [2.75, 3.05) is 26.8 Å². The first kappa shape index (κ1) is 18.9. The Bertz CT molecular complexity index is 773. The van der Waals surface area contributed by atoms with Gasteiger partial charge in [0.25, 0.3) is 0 Å². The van der Waals surface area contributed by atoms with Gasteiger partial charge in [0.05, 0.1) is 7.11 Å². The number of hydrogen-bond acceptors (Lipinski definition) is 6. The summed E-state index contributed by atoms with van der Waals surface area (Å²) in [7, 11) is 1.54. The van der Waals surface area contributed by atoms with Crippen molar-refractivity contribution in [1.82, 2.24) is 4.90 Å². The van der Waals surface area contributed by atoms with Crippen molar-refractivity contribution in [3.05, 3.63) is 45.6 Å². The molecule has 0 fully saturated rings. The Balaban J connectivity index is 1.58. The molecule has 0 aliphatic carbocycles. The zero-order valence-corrected chi connectivity index (χ0v) is 16.2. The molecule has 2 heterocycles. The lowest BCUT2D eigenvalue weighted by Gasteiger charge is -2.34. The van der Waals surface area contributed by atoms with Gasteiger partial charge in [-0.2, -0.15) is 0 Å². The number of hydrogen-bond donors (Lipinski definition) is 1. The highest BCUT2D eigenvalue weighted by atomic mass is 32.1. The molecule has 1 aliphatic heterocycles. The molecule has 140 valence electrons. The van der Waals surface area contributed by atoms with Gasteiger partial charge in [-0.3, -0.25) is 9.69 Å². The minimum atomic E-state index is -0.602. The highest BCUT2D eigenvalue weighted by Gasteiger charge is 2.26. The number of Topliss-reactive ketones (excluding diaryl/α,β-unsaturated/α-hetero) is 1. The molecule has 2 aromatic rings. The summed E-state index contributed by atoms with van der Waals surface area (Å²) in [5.41, 5.74) is 1.94. The number of carbonyl (C=O) groups excluding carboxylic acids is 1. The standard InChI is InChI=1S/C20H25NO4S/c1-13-17-7-9-26-20(17)6-8-21(13)11-16(23)12-25-18-5-4-15(14(2)22)10-19(18)24-3/h4-5,7,9-10,13,16,23H,6,8,11-12H2,1-3H3/t13-,16+/m1/s1. The van der Waals surface area contributed by atoms with E-state index < -0.39 is 6.10 Å². The van der Waals surface area contributed by atoms with Gasteiger partial charge in [-0.05, 0) is 55.5 Å². The van der Waals surface area contributed by atoms with Crippen LogP contribution in [0, 0.1) is 0 Å². The van der Waals surface area contributed by atoms with Gasteiger partial charge < -0.3 is 14.6 Å². The average Bonchev–Trinajstić information content (AvgIpc) is 3.11. The Morgan fingerprint density at radius 3 is 2.92 bits per heavy atom. The van der Waals surface area contributed by atoms with Crippen LogP contribution in [0.1, 0.15) is 40.7 Å². The summed E-state index contributed by atoms with van der Waals surface area (Å²) < 4.78 is 11.0. The minimum Gasteiger partial charge on any atom is -0.493 e. The number of aliphatic hydroxyl groups is 1. The smallest absolute Gasteiger partial charge is 0.161 e. The van der Waals surface area contributed by atoms with E-state index in [1.807, 2.05) is 11.3 Å². The normalized spacial score (nSPS) is 18.2. The molecule has 1 N–H and O–H groups in total. The van der Waals surface area contributed by atoms with E-state index in [9.17, 15) is 9.90 Å². The molecule has 3 rings (SSSR count). The van der Waals surface area contributed by atoms with E-state index in [1.165, 1.54) is 24.5 Å². The highest BCUT2D eigenvalue weighted by Crippen LogP contribution is 2.33. The van der Waals surface area contributed by atoms with Crippen LogP contribution in [-0.2, 0) is 6.42 Å². The van der Waals surface area contributed by atoms with Gasteiger partial charge in [0.15, 0.2) is 17.3 Å². The van der Waals surface area contributed by atoms with Crippen LogP contribution in [-0.4, -0.2) is 48.7 Å². The van der Waals surface area contributed by atoms with E-state index in [2.05, 4.69) is 23.3 Å². The molecule has 0 saturated heterocycles. The maximum absolute atomic E-state index is 11.5. The number of fused-ring (bicyclic) bond motifs is 1. The Morgan fingerprint density at radius 1 is 1.38 bits per heavy atom. The van der Waals surface area contributed by atoms with E-state index in [1.54, 1.807) is 18.2 Å². The number of rotatable bonds is 7. The number of methoxy groups -OCH3 is 1. The van der Waals surface area contributed by atoms with Crippen molar-refractivity contribution < 1.29 is 19.4 Å². The van der Waals surface area contributed by atoms with Crippen LogP contribution in [0.4, 0.5) is 0 Å². The molecule has 6 heteroatoms. The van der Waals surface area contributed by atoms with Crippen molar-refractivity contribution in [3.8, 4) is 11.5 Å². The summed E-state index contributed by atoms with van der Waals surface area (Å²) in [5, 5.41) is 12.6. The minimum absolute atomic E-state index is 0.0261. The molecule has 1 aliphatic rings. The van der Waals surface area contributed by atoms with E-state index in [0.29, 0.717) is 29.6 Å². The first-order valence-electron chi connectivity index (χ1n) is 8.79. The zero-order valence-electron chi connectivity index (χ0n) is 15.4. The number of nitrogens with zero attached hydrogens (tertiary/aromatic N) is 1. The predicted molar refractivity (Wildman–Crippen MR) is 103 cm³/mol. The summed E-state index contributed by atoms with van der Waals surface area (Å²) >= 11 is 1.81. The molecule has 1 aromatic carbocycles. The third-order valence-electron chi connectivity index (χ3n) is 4.85. The second-order valence-electron chi connectivity index (χ2n) is 6.61. The third-order valence-corrected chi connectivity index (χ3v) is 5.85. The van der Waals surface area contributed by atoms with Gasteiger partial charge in [0.2, 0.25) is 0 Å². The lowest BCUT2D eigenvalue weighted by Crippen LogP contribution is -2.40. The van der Waals surface area contributed by atoms with E-state index in [-0.39, 0.29) is 12.4 Å². The second-order valence-corrected chi connectivity index (χ2v) is 7.61. The Morgan fingerprint density at radius 2 is 2.19 bits per heavy atom. The van der Waals surface area contributed by atoms with Crippen LogP contribution in [0.2, 0.25) is 0 Å². The molecule has 0 unspecified atom stereocenters. The molecule has 1 aromatic heterocycles. The van der Waals surface area contributed by atoms with Crippen LogP contribution < -0.4 is 9.47 Å². The van der Waals surface area contributed by atoms with Crippen LogP contribution in [0.5, 0.6) is 11.5 Å². The Labute approximate surface area is 158 Å². The predicted octanol–water partition coefficient (Wildman–Crippen LogP) is 3.32. The number of carbonyl (C=O) groups is 1. The molecule has 0 spiro atoms. The fourth-order valence-corrected chi connectivity index (χ4v) is 4.29. The van der Waals surface area contributed by atoms with E-state index >= 15 is 0 Å². The number of ketones is 1. The first-order chi connectivity index (χ1) is 12.5. The fraction of sp³-hybridized carbons (Fsp3) is 0.450. The number of β-amino-alcohol motifs (C(OH)–C–C–N with tert-alkyl or cyclic N) is 1. The summed E-state index contributed by atoms with van der Waals surface area (Å²) in [5.74, 6) is 1.00. The molecular formula is C20H25NO4S. The van der Waals surface area contributed by atoms with Gasteiger partial charge in [0.1, 0.15) is 12.7 Å². The second kappa shape index (κ2) is 8.20. The Kier molecular flexibility index (Phi) is 5.96. The van der Waals surface area contributed by atoms with Gasteiger partial charge in [0, 0.05) is 29.6 Å². The quantitative estimate of drug-likeness (QED) is 0.753. The van der Waals surface area contributed by atoms with Crippen LogP contribution >= 0.6 is 11.3 Å². The number of aliphatic hydroxyl groups excluding tert-OH is 1. The lowest BCUT2D eigenvalue weighted by atomic mass is 10.0. The summed E-state index contributed by atoms with van der Waals surface area (Å²) in [4.78, 5) is 15.2. The van der Waals surface area contributed by atoms with Gasteiger partial charge in [-0.15, -0.1) is 11.3 Å². The maximum Gasteiger partial charge on any atom is 0.161 e. The van der Waals surface area contributed by atoms with Gasteiger partial charge in [-0.1, -0.05) is 0 Å². The number of ether oxygens (including phenoxy) is 2. The SMILES string of the molecule is COc1cc(C(C)=O)ccc1OC[C@@H](O)CN1CCc2sccc2[C@H]1C. The summed E-state index contributed by atoms with van der Waals surface area (Å²) in [6.07, 6.45) is 0.431. The van der Waals surface area contributed by atoms with Crippen LogP contribution in [0.3, 0.4) is 0 Å². The molecule has 0 saturated carbocycles. The van der Waals surface area contributed by atoms with Gasteiger partial charge >= 0.3 is 0 Å². The van der Waals surface area contributed by atoms with E-state index in [0.717, 1.165) is 13.0 Å². The lowest BCUT2D eigenvalue weighted by molar-refractivity contribution is 0.0514. The number of thiophene rings is 1.